The number of benzene rings is 1. The topological polar surface area (TPSA) is 57.2 Å². The Bertz CT molecular complexity index is 636. The van der Waals surface area contributed by atoms with Crippen molar-refractivity contribution in [3.63, 3.8) is 0 Å². The van der Waals surface area contributed by atoms with Crippen molar-refractivity contribution in [2.24, 2.45) is 0 Å². The first-order valence-electron chi connectivity index (χ1n) is 8.79. The normalized spacial score (nSPS) is 14.0. The van der Waals surface area contributed by atoms with Crippen LogP contribution in [0, 0.1) is 0 Å². The number of unbranched alkanes of at least 4 members (excludes halogenated alkanes) is 1. The van der Waals surface area contributed by atoms with E-state index in [9.17, 15) is 0 Å². The van der Waals surface area contributed by atoms with Gasteiger partial charge in [0.15, 0.2) is 5.82 Å². The van der Waals surface area contributed by atoms with Crippen molar-refractivity contribution in [2.45, 2.75) is 32.6 Å². The van der Waals surface area contributed by atoms with Gasteiger partial charge in [-0.2, -0.15) is 10.1 Å². The zero-order chi connectivity index (χ0) is 16.8. The van der Waals surface area contributed by atoms with Crippen molar-refractivity contribution < 1.29 is 0 Å². The van der Waals surface area contributed by atoms with Gasteiger partial charge in [-0.1, -0.05) is 13.3 Å². The van der Waals surface area contributed by atoms with Crippen LogP contribution in [0.3, 0.4) is 0 Å². The second-order valence-electron chi connectivity index (χ2n) is 6.28. The predicted molar refractivity (Wildman–Crippen MR) is 99.2 cm³/mol. The molecule has 0 bridgehead atoms. The minimum absolute atomic E-state index is 0.655. The summed E-state index contributed by atoms with van der Waals surface area (Å²) in [5.74, 6) is 1.37. The Morgan fingerprint density at radius 3 is 2.62 bits per heavy atom. The first kappa shape index (κ1) is 16.5. The Morgan fingerprint density at radius 2 is 1.92 bits per heavy atom. The Balaban J connectivity index is 1.65. The molecule has 1 N–H and O–H groups in total. The van der Waals surface area contributed by atoms with Gasteiger partial charge >= 0.3 is 0 Å². The number of aromatic nitrogens is 3. The van der Waals surface area contributed by atoms with E-state index in [1.165, 1.54) is 18.5 Å². The maximum Gasteiger partial charge on any atom is 0.247 e. The highest BCUT2D eigenvalue weighted by Gasteiger charge is 2.12. The molecule has 128 valence electrons. The van der Waals surface area contributed by atoms with Gasteiger partial charge in [-0.3, -0.25) is 0 Å². The summed E-state index contributed by atoms with van der Waals surface area (Å²) in [6, 6.07) is 8.51. The molecular formula is C18H26N6. The van der Waals surface area contributed by atoms with E-state index in [0.29, 0.717) is 5.95 Å². The van der Waals surface area contributed by atoms with Crippen LogP contribution in [0.25, 0.3) is 0 Å². The Labute approximate surface area is 143 Å². The molecule has 2 aromatic rings. The van der Waals surface area contributed by atoms with Crippen molar-refractivity contribution in [1.29, 1.82) is 0 Å². The zero-order valence-electron chi connectivity index (χ0n) is 14.6. The number of rotatable bonds is 7. The summed E-state index contributed by atoms with van der Waals surface area (Å²) in [5, 5.41) is 11.5. The first-order valence-corrected chi connectivity index (χ1v) is 8.79. The smallest absolute Gasteiger partial charge is 0.247 e. The van der Waals surface area contributed by atoms with Crippen LogP contribution in [0.1, 0.15) is 32.6 Å². The second kappa shape index (κ2) is 7.95. The number of nitrogens with one attached hydrogen (secondary N) is 1. The number of hydrogen-bond donors (Lipinski definition) is 1. The molecule has 1 aliphatic rings. The fourth-order valence-electron chi connectivity index (χ4n) is 2.89. The summed E-state index contributed by atoms with van der Waals surface area (Å²) in [6.45, 7) is 5.44. The molecule has 0 amide bonds. The molecule has 0 aliphatic carbocycles. The van der Waals surface area contributed by atoms with Crippen LogP contribution in [0.15, 0.2) is 30.5 Å². The van der Waals surface area contributed by atoms with E-state index >= 15 is 0 Å². The minimum Gasteiger partial charge on any atom is -0.372 e. The summed E-state index contributed by atoms with van der Waals surface area (Å²) in [5.41, 5.74) is 2.31. The molecule has 1 fully saturated rings. The summed E-state index contributed by atoms with van der Waals surface area (Å²) >= 11 is 0. The molecule has 0 unspecified atom stereocenters. The van der Waals surface area contributed by atoms with Gasteiger partial charge in [-0.05, 0) is 43.5 Å². The Hall–Kier alpha value is -2.37. The summed E-state index contributed by atoms with van der Waals surface area (Å²) in [6.07, 6.45) is 6.52. The molecule has 6 heteroatoms. The molecule has 1 saturated heterocycles. The third-order valence-electron chi connectivity index (χ3n) is 4.35. The van der Waals surface area contributed by atoms with E-state index in [0.717, 1.165) is 44.0 Å². The fourth-order valence-corrected chi connectivity index (χ4v) is 2.89. The summed E-state index contributed by atoms with van der Waals surface area (Å²) in [4.78, 5) is 9.02. The molecule has 0 spiro atoms. The molecule has 24 heavy (non-hydrogen) atoms. The first-order chi connectivity index (χ1) is 11.8. The Morgan fingerprint density at radius 1 is 1.17 bits per heavy atom. The monoisotopic (exact) mass is 326 g/mol. The van der Waals surface area contributed by atoms with Crippen LogP contribution >= 0.6 is 0 Å². The van der Waals surface area contributed by atoms with Crippen molar-refractivity contribution in [2.75, 3.05) is 41.8 Å². The maximum absolute atomic E-state index is 4.55. The SMILES string of the molecule is CCCCN(C)c1nncc(Nc2ccc(N3CCCC3)cc2)n1. The number of hydrogen-bond acceptors (Lipinski definition) is 6. The van der Waals surface area contributed by atoms with Gasteiger partial charge in [0, 0.05) is 38.1 Å². The van der Waals surface area contributed by atoms with Crippen molar-refractivity contribution in [3.05, 3.63) is 30.5 Å². The van der Waals surface area contributed by atoms with Crippen molar-refractivity contribution >= 4 is 23.1 Å². The Kier molecular flexibility index (Phi) is 5.46. The average molecular weight is 326 g/mol. The lowest BCUT2D eigenvalue weighted by atomic mass is 10.2. The van der Waals surface area contributed by atoms with Crippen LogP contribution in [0.5, 0.6) is 0 Å². The molecule has 1 aliphatic heterocycles. The van der Waals surface area contributed by atoms with Gasteiger partial charge in [0.1, 0.15) is 0 Å². The van der Waals surface area contributed by atoms with Gasteiger partial charge in [-0.25, -0.2) is 0 Å². The number of nitrogens with zero attached hydrogens (tertiary/aromatic N) is 5. The van der Waals surface area contributed by atoms with Crippen molar-refractivity contribution in [1.82, 2.24) is 15.2 Å². The summed E-state index contributed by atoms with van der Waals surface area (Å²) < 4.78 is 0. The molecular weight excluding hydrogens is 300 g/mol. The van der Waals surface area contributed by atoms with Crippen molar-refractivity contribution in [3.8, 4) is 0 Å². The lowest BCUT2D eigenvalue weighted by Crippen LogP contribution is -2.21. The number of anilines is 4. The fraction of sp³-hybridized carbons (Fsp3) is 0.500. The van der Waals surface area contributed by atoms with Gasteiger partial charge in [0.05, 0.1) is 6.20 Å². The van der Waals surface area contributed by atoms with Gasteiger partial charge in [0.25, 0.3) is 0 Å². The molecule has 0 saturated carbocycles. The van der Waals surface area contributed by atoms with Gasteiger partial charge in [0.2, 0.25) is 5.95 Å². The van der Waals surface area contributed by atoms with E-state index in [-0.39, 0.29) is 0 Å². The highest BCUT2D eigenvalue weighted by atomic mass is 15.3. The quantitative estimate of drug-likeness (QED) is 0.841. The average Bonchev–Trinajstić information content (AvgIpc) is 3.15. The third kappa shape index (κ3) is 4.13. The molecule has 1 aromatic heterocycles. The maximum atomic E-state index is 4.55. The van der Waals surface area contributed by atoms with Crippen LogP contribution in [-0.4, -0.2) is 41.9 Å². The largest absolute Gasteiger partial charge is 0.372 e. The standard InChI is InChI=1S/C18H26N6/c1-3-4-11-23(2)18-21-17(14-19-22-18)20-15-7-9-16(10-8-15)24-12-5-6-13-24/h7-10,14H,3-6,11-13H2,1-2H3,(H,20,21,22). The lowest BCUT2D eigenvalue weighted by Gasteiger charge is -2.18. The van der Waals surface area contributed by atoms with E-state index in [4.69, 9.17) is 0 Å². The highest BCUT2D eigenvalue weighted by Crippen LogP contribution is 2.23. The minimum atomic E-state index is 0.655. The van der Waals surface area contributed by atoms with Crippen LogP contribution in [0.2, 0.25) is 0 Å². The zero-order valence-corrected chi connectivity index (χ0v) is 14.6. The second-order valence-corrected chi connectivity index (χ2v) is 6.28. The van der Waals surface area contributed by atoms with E-state index in [1.54, 1.807) is 6.20 Å². The lowest BCUT2D eigenvalue weighted by molar-refractivity contribution is 0.741. The molecule has 3 rings (SSSR count). The van der Waals surface area contributed by atoms with Crippen LogP contribution in [0.4, 0.5) is 23.1 Å². The van der Waals surface area contributed by atoms with E-state index < -0.39 is 0 Å². The van der Waals surface area contributed by atoms with Crippen LogP contribution in [-0.2, 0) is 0 Å². The van der Waals surface area contributed by atoms with Crippen LogP contribution < -0.4 is 15.1 Å². The summed E-state index contributed by atoms with van der Waals surface area (Å²) in [7, 11) is 2.00. The molecule has 2 heterocycles. The van der Waals surface area contributed by atoms with Gasteiger partial charge < -0.3 is 15.1 Å². The highest BCUT2D eigenvalue weighted by molar-refractivity contribution is 5.61. The van der Waals surface area contributed by atoms with E-state index in [1.807, 2.05) is 11.9 Å². The molecule has 0 radical (unpaired) electrons. The van der Waals surface area contributed by atoms with E-state index in [2.05, 4.69) is 56.6 Å². The predicted octanol–water partition coefficient (Wildman–Crippen LogP) is 3.45. The molecule has 0 atom stereocenters. The molecule has 1 aromatic carbocycles. The third-order valence-corrected chi connectivity index (χ3v) is 4.35. The molecule has 6 nitrogen and oxygen atoms in total. The van der Waals surface area contributed by atoms with Gasteiger partial charge in [-0.15, -0.1) is 5.10 Å².